The van der Waals surface area contributed by atoms with Gasteiger partial charge in [0.15, 0.2) is 17.3 Å². The molecule has 0 spiro atoms. The van der Waals surface area contributed by atoms with E-state index in [1.165, 1.54) is 19.1 Å². The number of benzene rings is 2. The van der Waals surface area contributed by atoms with Gasteiger partial charge in [-0.1, -0.05) is 12.1 Å². The Morgan fingerprint density at radius 1 is 1.07 bits per heavy atom. The second kappa shape index (κ2) is 10.1. The van der Waals surface area contributed by atoms with Gasteiger partial charge in [-0.05, 0) is 43.7 Å². The van der Waals surface area contributed by atoms with Crippen molar-refractivity contribution in [1.82, 2.24) is 4.90 Å². The van der Waals surface area contributed by atoms with Crippen LogP contribution in [0.3, 0.4) is 0 Å². The number of carbonyl (C=O) groups is 2. The van der Waals surface area contributed by atoms with Crippen molar-refractivity contribution in [3.8, 4) is 11.5 Å². The molecule has 2 aromatic rings. The smallest absolute Gasteiger partial charge is 0.233 e. The summed E-state index contributed by atoms with van der Waals surface area (Å²) in [6.07, 6.45) is 0. The number of ketones is 1. The van der Waals surface area contributed by atoms with Gasteiger partial charge >= 0.3 is 0 Å². The first-order chi connectivity index (χ1) is 13.4. The summed E-state index contributed by atoms with van der Waals surface area (Å²) in [6.45, 7) is 4.23. The molecule has 150 valence electrons. The van der Waals surface area contributed by atoms with Crippen molar-refractivity contribution in [3.63, 3.8) is 0 Å². The molecule has 0 aliphatic carbocycles. The molecular formula is C21H24FNO4S. The summed E-state index contributed by atoms with van der Waals surface area (Å²) in [5.41, 5.74) is 1.23. The summed E-state index contributed by atoms with van der Waals surface area (Å²) in [7, 11) is 3.13. The Morgan fingerprint density at radius 2 is 1.79 bits per heavy atom. The van der Waals surface area contributed by atoms with Crippen LogP contribution in [0, 0.1) is 5.82 Å². The van der Waals surface area contributed by atoms with Crippen molar-refractivity contribution >= 4 is 23.5 Å². The zero-order chi connectivity index (χ0) is 20.7. The van der Waals surface area contributed by atoms with Gasteiger partial charge in [0.25, 0.3) is 0 Å². The molecule has 0 atom stereocenters. The molecule has 1 amide bonds. The zero-order valence-electron chi connectivity index (χ0n) is 16.5. The highest BCUT2D eigenvalue weighted by Crippen LogP contribution is 2.28. The van der Waals surface area contributed by atoms with Crippen molar-refractivity contribution in [2.45, 2.75) is 25.3 Å². The number of amides is 1. The minimum absolute atomic E-state index is 0.0997. The number of thioether (sulfide) groups is 1. The Bertz CT molecular complexity index is 856. The lowest BCUT2D eigenvalue weighted by Gasteiger charge is -2.21. The first-order valence-electron chi connectivity index (χ1n) is 8.81. The largest absolute Gasteiger partial charge is 0.493 e. The molecule has 0 aromatic heterocycles. The highest BCUT2D eigenvalue weighted by molar-refractivity contribution is 8.00. The van der Waals surface area contributed by atoms with Gasteiger partial charge in [0.05, 0.1) is 20.0 Å². The highest BCUT2D eigenvalue weighted by Gasteiger charge is 2.16. The van der Waals surface area contributed by atoms with Gasteiger partial charge in [-0.2, -0.15) is 0 Å². The lowest BCUT2D eigenvalue weighted by molar-refractivity contribution is -0.128. The van der Waals surface area contributed by atoms with Crippen LogP contribution in [-0.2, 0) is 11.3 Å². The van der Waals surface area contributed by atoms with Crippen molar-refractivity contribution in [2.24, 2.45) is 0 Å². The lowest BCUT2D eigenvalue weighted by Crippen LogP contribution is -2.31. The van der Waals surface area contributed by atoms with Crippen LogP contribution in [-0.4, -0.2) is 43.1 Å². The molecule has 0 aliphatic heterocycles. The molecule has 0 bridgehead atoms. The van der Waals surface area contributed by atoms with Crippen LogP contribution < -0.4 is 9.47 Å². The Balaban J connectivity index is 2.03. The Labute approximate surface area is 168 Å². The second-order valence-corrected chi connectivity index (χ2v) is 7.10. The lowest BCUT2D eigenvalue weighted by atomic mass is 10.1. The summed E-state index contributed by atoms with van der Waals surface area (Å²) in [6, 6.07) is 9.82. The fourth-order valence-electron chi connectivity index (χ4n) is 2.64. The van der Waals surface area contributed by atoms with Gasteiger partial charge in [-0.25, -0.2) is 4.39 Å². The molecule has 7 heteroatoms. The first-order valence-corrected chi connectivity index (χ1v) is 9.80. The van der Waals surface area contributed by atoms with E-state index in [-0.39, 0.29) is 17.4 Å². The summed E-state index contributed by atoms with van der Waals surface area (Å²) < 4.78 is 24.6. The number of nitrogens with zero attached hydrogens (tertiary/aromatic N) is 1. The molecule has 5 nitrogen and oxygen atoms in total. The second-order valence-electron chi connectivity index (χ2n) is 6.09. The molecule has 2 rings (SSSR count). The third-order valence-corrected chi connectivity index (χ3v) is 5.28. The number of halogens is 1. The molecule has 0 saturated heterocycles. The number of hydrogen-bond donors (Lipinski definition) is 0. The molecule has 28 heavy (non-hydrogen) atoms. The fourth-order valence-corrected chi connectivity index (χ4v) is 3.47. The predicted molar refractivity (Wildman–Crippen MR) is 108 cm³/mol. The third-order valence-electron chi connectivity index (χ3n) is 4.25. The first kappa shape index (κ1) is 21.8. The number of Topliss-reactive ketones (excluding diaryl/α,β-unsaturated/α-hetero) is 1. The molecule has 0 aliphatic rings. The van der Waals surface area contributed by atoms with Crippen LogP contribution in [0.2, 0.25) is 0 Å². The van der Waals surface area contributed by atoms with Crippen molar-refractivity contribution in [2.75, 3.05) is 26.5 Å². The van der Waals surface area contributed by atoms with Crippen LogP contribution in [0.15, 0.2) is 41.3 Å². The molecule has 0 unspecified atom stereocenters. The molecule has 0 radical (unpaired) electrons. The van der Waals surface area contributed by atoms with Crippen LogP contribution in [0.4, 0.5) is 4.39 Å². The van der Waals surface area contributed by atoms with Crippen LogP contribution in [0.1, 0.15) is 29.8 Å². The SMILES string of the molecule is CCN(Cc1ccc(OC)c(OC)c1)C(=O)CSc1ccc(C(C)=O)cc1F. The zero-order valence-corrected chi connectivity index (χ0v) is 17.3. The standard InChI is InChI=1S/C21H24FNO4S/c1-5-23(12-15-6-8-18(26-3)19(10-15)27-4)21(25)13-28-20-9-7-16(14(2)24)11-17(20)22/h6-11H,5,12-13H2,1-4H3. The molecule has 0 heterocycles. The van der Waals surface area contributed by atoms with Gasteiger partial charge in [0, 0.05) is 23.5 Å². The van der Waals surface area contributed by atoms with Gasteiger partial charge in [-0.15, -0.1) is 11.8 Å². The number of ether oxygens (including phenoxy) is 2. The van der Waals surface area contributed by atoms with Gasteiger partial charge in [-0.3, -0.25) is 9.59 Å². The predicted octanol–water partition coefficient (Wildman–Crippen LogP) is 4.19. The molecule has 2 aromatic carbocycles. The number of hydrogen-bond acceptors (Lipinski definition) is 5. The highest BCUT2D eigenvalue weighted by atomic mass is 32.2. The van der Waals surface area contributed by atoms with Crippen LogP contribution >= 0.6 is 11.8 Å². The third kappa shape index (κ3) is 5.48. The van der Waals surface area contributed by atoms with E-state index in [0.29, 0.717) is 35.0 Å². The Kier molecular flexibility index (Phi) is 7.87. The van der Waals surface area contributed by atoms with E-state index in [1.54, 1.807) is 31.3 Å². The van der Waals surface area contributed by atoms with Gasteiger partial charge < -0.3 is 14.4 Å². The average molecular weight is 405 g/mol. The van der Waals surface area contributed by atoms with E-state index in [0.717, 1.165) is 17.3 Å². The Morgan fingerprint density at radius 3 is 2.36 bits per heavy atom. The normalized spacial score (nSPS) is 10.5. The molecular weight excluding hydrogens is 381 g/mol. The van der Waals surface area contributed by atoms with Crippen LogP contribution in [0.25, 0.3) is 0 Å². The minimum atomic E-state index is -0.492. The van der Waals surface area contributed by atoms with Crippen LogP contribution in [0.5, 0.6) is 11.5 Å². The maximum atomic E-state index is 14.1. The maximum Gasteiger partial charge on any atom is 0.233 e. The van der Waals surface area contributed by atoms with E-state index in [2.05, 4.69) is 0 Å². The van der Waals surface area contributed by atoms with E-state index >= 15 is 0 Å². The number of methoxy groups -OCH3 is 2. The fraction of sp³-hybridized carbons (Fsp3) is 0.333. The van der Waals surface area contributed by atoms with Gasteiger partial charge in [0.2, 0.25) is 5.91 Å². The quantitative estimate of drug-likeness (QED) is 0.463. The van der Waals surface area contributed by atoms with Crippen molar-refractivity contribution in [1.29, 1.82) is 0 Å². The summed E-state index contributed by atoms with van der Waals surface area (Å²) in [5, 5.41) is 0. The summed E-state index contributed by atoms with van der Waals surface area (Å²) in [4.78, 5) is 25.9. The maximum absolute atomic E-state index is 14.1. The number of rotatable bonds is 9. The Hall–Kier alpha value is -2.54. The molecule has 0 fully saturated rings. The summed E-state index contributed by atoms with van der Waals surface area (Å²) >= 11 is 1.12. The monoisotopic (exact) mass is 405 g/mol. The van der Waals surface area contributed by atoms with Crippen molar-refractivity contribution in [3.05, 3.63) is 53.3 Å². The van der Waals surface area contributed by atoms with E-state index < -0.39 is 5.82 Å². The van der Waals surface area contributed by atoms with E-state index in [1.807, 2.05) is 19.1 Å². The van der Waals surface area contributed by atoms with Crippen molar-refractivity contribution < 1.29 is 23.5 Å². The average Bonchev–Trinajstić information content (AvgIpc) is 2.70. The topological polar surface area (TPSA) is 55.8 Å². The minimum Gasteiger partial charge on any atom is -0.493 e. The van der Waals surface area contributed by atoms with E-state index in [4.69, 9.17) is 9.47 Å². The summed E-state index contributed by atoms with van der Waals surface area (Å²) in [5.74, 6) is 0.549. The van der Waals surface area contributed by atoms with Gasteiger partial charge in [0.1, 0.15) is 5.82 Å². The molecule has 0 N–H and O–H groups in total. The number of carbonyl (C=O) groups excluding carboxylic acids is 2. The van der Waals surface area contributed by atoms with E-state index in [9.17, 15) is 14.0 Å². The molecule has 0 saturated carbocycles.